The van der Waals surface area contributed by atoms with Gasteiger partial charge in [-0.2, -0.15) is 11.8 Å². The van der Waals surface area contributed by atoms with Crippen LogP contribution in [0.3, 0.4) is 0 Å². The fourth-order valence-corrected chi connectivity index (χ4v) is 4.23. The number of aromatic hydroxyl groups is 2. The first-order chi connectivity index (χ1) is 19.4. The molecule has 0 aromatic heterocycles. The van der Waals surface area contributed by atoms with Crippen molar-refractivity contribution >= 4 is 41.4 Å². The molecule has 9 N–H and O–H groups in total. The summed E-state index contributed by atoms with van der Waals surface area (Å²) in [5, 5.41) is 45.0. The zero-order valence-corrected chi connectivity index (χ0v) is 23.1. The first kappa shape index (κ1) is 32.9. The molecule has 0 fully saturated rings. The number of rotatable bonds is 16. The Balaban J connectivity index is 2.22. The highest BCUT2D eigenvalue weighted by atomic mass is 32.2. The van der Waals surface area contributed by atoms with Gasteiger partial charge in [-0.1, -0.05) is 24.3 Å². The molecule has 0 saturated carbocycles. The number of hydrogen-bond acceptors (Lipinski definition) is 9. The SMILES string of the molecule is CSCCC(NC(=O)C(Cc1ccc(O)cc1)NC(=O)C(CC(=O)O)NC(=O)C(N)Cc1ccc(O)cc1)C(=O)O. The predicted octanol–water partition coefficient (Wildman–Crippen LogP) is -0.0229. The van der Waals surface area contributed by atoms with Crippen LogP contribution >= 0.6 is 11.8 Å². The Hall–Kier alpha value is -4.30. The lowest BCUT2D eigenvalue weighted by molar-refractivity contribution is -0.143. The fourth-order valence-electron chi connectivity index (χ4n) is 3.76. The number of hydrogen-bond donors (Lipinski definition) is 8. The number of phenols is 2. The van der Waals surface area contributed by atoms with Gasteiger partial charge in [0.25, 0.3) is 0 Å². The second kappa shape index (κ2) is 16.1. The van der Waals surface area contributed by atoms with Gasteiger partial charge >= 0.3 is 11.9 Å². The van der Waals surface area contributed by atoms with Crippen LogP contribution < -0.4 is 21.7 Å². The Morgan fingerprint density at radius 2 is 1.20 bits per heavy atom. The summed E-state index contributed by atoms with van der Waals surface area (Å²) in [5.41, 5.74) is 7.08. The molecular formula is C27H34N4O9S. The maximum atomic E-state index is 13.2. The molecule has 2 aromatic rings. The molecule has 41 heavy (non-hydrogen) atoms. The summed E-state index contributed by atoms with van der Waals surface area (Å²) in [6.07, 6.45) is 0.996. The zero-order chi connectivity index (χ0) is 30.5. The van der Waals surface area contributed by atoms with Crippen molar-refractivity contribution in [3.05, 3.63) is 59.7 Å². The van der Waals surface area contributed by atoms with Crippen molar-refractivity contribution in [2.75, 3.05) is 12.0 Å². The summed E-state index contributed by atoms with van der Waals surface area (Å²) < 4.78 is 0. The van der Waals surface area contributed by atoms with Gasteiger partial charge in [0.2, 0.25) is 17.7 Å². The molecule has 0 spiro atoms. The van der Waals surface area contributed by atoms with Crippen molar-refractivity contribution in [1.29, 1.82) is 0 Å². The first-order valence-corrected chi connectivity index (χ1v) is 13.9. The van der Waals surface area contributed by atoms with Crippen LogP contribution in [0.2, 0.25) is 0 Å². The second-order valence-corrected chi connectivity index (χ2v) is 10.2. The van der Waals surface area contributed by atoms with Crippen molar-refractivity contribution < 1.29 is 44.4 Å². The molecule has 0 radical (unpaired) electrons. The molecule has 4 atom stereocenters. The zero-order valence-electron chi connectivity index (χ0n) is 22.3. The summed E-state index contributed by atoms with van der Waals surface area (Å²) in [5.74, 6) is -4.87. The molecule has 2 aromatic carbocycles. The van der Waals surface area contributed by atoms with Crippen LogP contribution in [0.4, 0.5) is 0 Å². The molecular weight excluding hydrogens is 556 g/mol. The molecule has 14 heteroatoms. The number of nitrogens with two attached hydrogens (primary N) is 1. The van der Waals surface area contributed by atoms with E-state index in [-0.39, 0.29) is 30.8 Å². The maximum absolute atomic E-state index is 13.2. The quantitative estimate of drug-likeness (QED) is 0.129. The van der Waals surface area contributed by atoms with Gasteiger partial charge in [0.1, 0.15) is 29.6 Å². The normalized spacial score (nSPS) is 13.7. The number of carboxylic acid groups (broad SMARTS) is 2. The summed E-state index contributed by atoms with van der Waals surface area (Å²) >= 11 is 1.39. The number of phenolic OH excluding ortho intramolecular Hbond substituents is 2. The van der Waals surface area contributed by atoms with Gasteiger partial charge in [-0.3, -0.25) is 19.2 Å². The van der Waals surface area contributed by atoms with Crippen LogP contribution in [0.1, 0.15) is 24.0 Å². The molecule has 0 heterocycles. The standard InChI is InChI=1S/C27H34N4O9S/c1-41-11-10-20(27(39)40)29-25(37)21(13-16-4-8-18(33)9-5-16)31-26(38)22(14-23(34)35)30-24(36)19(28)12-15-2-6-17(32)7-3-15/h2-9,19-22,32-33H,10-14,28H2,1H3,(H,29,37)(H,30,36)(H,31,38)(H,34,35)(H,39,40). The van der Waals surface area contributed by atoms with E-state index in [2.05, 4.69) is 16.0 Å². The highest BCUT2D eigenvalue weighted by molar-refractivity contribution is 7.98. The lowest BCUT2D eigenvalue weighted by atomic mass is 10.0. The molecule has 0 aliphatic carbocycles. The average molecular weight is 591 g/mol. The number of nitrogens with one attached hydrogen (secondary N) is 3. The van der Waals surface area contributed by atoms with Crippen molar-refractivity contribution in [2.45, 2.75) is 49.9 Å². The van der Waals surface area contributed by atoms with Gasteiger partial charge in [-0.05, 0) is 60.2 Å². The van der Waals surface area contributed by atoms with Crippen molar-refractivity contribution in [3.63, 3.8) is 0 Å². The fraction of sp³-hybridized carbons (Fsp3) is 0.370. The lowest BCUT2D eigenvalue weighted by Gasteiger charge is -2.25. The first-order valence-electron chi connectivity index (χ1n) is 12.6. The minimum atomic E-state index is -1.60. The third kappa shape index (κ3) is 11.4. The third-order valence-corrected chi connectivity index (χ3v) is 6.62. The van der Waals surface area contributed by atoms with Crippen molar-refractivity contribution in [1.82, 2.24) is 16.0 Å². The highest BCUT2D eigenvalue weighted by Gasteiger charge is 2.31. The Morgan fingerprint density at radius 3 is 1.68 bits per heavy atom. The summed E-state index contributed by atoms with van der Waals surface area (Å²) in [7, 11) is 0. The van der Waals surface area contributed by atoms with Gasteiger partial charge in [-0.25, -0.2) is 4.79 Å². The number of aliphatic carboxylic acids is 2. The average Bonchev–Trinajstić information content (AvgIpc) is 2.92. The van der Waals surface area contributed by atoms with Crippen molar-refractivity contribution in [3.8, 4) is 11.5 Å². The van der Waals surface area contributed by atoms with E-state index in [1.807, 2.05) is 0 Å². The minimum Gasteiger partial charge on any atom is -0.508 e. The summed E-state index contributed by atoms with van der Waals surface area (Å²) in [4.78, 5) is 62.2. The van der Waals surface area contributed by atoms with Crippen LogP contribution in [0.5, 0.6) is 11.5 Å². The van der Waals surface area contributed by atoms with E-state index in [0.29, 0.717) is 16.9 Å². The molecule has 0 aliphatic rings. The van der Waals surface area contributed by atoms with E-state index in [4.69, 9.17) is 5.73 Å². The maximum Gasteiger partial charge on any atom is 0.326 e. The van der Waals surface area contributed by atoms with Gasteiger partial charge < -0.3 is 42.1 Å². The number of carbonyl (C=O) groups is 5. The Bertz CT molecular complexity index is 1210. The molecule has 4 unspecified atom stereocenters. The lowest BCUT2D eigenvalue weighted by Crippen LogP contribution is -2.58. The molecule has 3 amide bonds. The molecule has 0 bridgehead atoms. The molecule has 13 nitrogen and oxygen atoms in total. The van der Waals surface area contributed by atoms with Crippen LogP contribution in [0.15, 0.2) is 48.5 Å². The van der Waals surface area contributed by atoms with E-state index in [9.17, 15) is 44.4 Å². The minimum absolute atomic E-state index is 0.0230. The van der Waals surface area contributed by atoms with Crippen LogP contribution in [0, 0.1) is 0 Å². The Kier molecular flexibility index (Phi) is 12.9. The topological polar surface area (TPSA) is 228 Å². The third-order valence-electron chi connectivity index (χ3n) is 5.97. The molecule has 0 aliphatic heterocycles. The van der Waals surface area contributed by atoms with Gasteiger partial charge in [0.15, 0.2) is 0 Å². The van der Waals surface area contributed by atoms with E-state index < -0.39 is 60.2 Å². The predicted molar refractivity (Wildman–Crippen MR) is 150 cm³/mol. The van der Waals surface area contributed by atoms with Crippen LogP contribution in [-0.2, 0) is 36.8 Å². The van der Waals surface area contributed by atoms with Crippen molar-refractivity contribution in [2.24, 2.45) is 5.73 Å². The van der Waals surface area contributed by atoms with Crippen LogP contribution in [0.25, 0.3) is 0 Å². The second-order valence-electron chi connectivity index (χ2n) is 9.25. The smallest absolute Gasteiger partial charge is 0.326 e. The van der Waals surface area contributed by atoms with Crippen LogP contribution in [-0.4, -0.2) is 86.3 Å². The monoisotopic (exact) mass is 590 g/mol. The summed E-state index contributed by atoms with van der Waals surface area (Å²) in [6.45, 7) is 0. The number of amides is 3. The number of benzene rings is 2. The highest BCUT2D eigenvalue weighted by Crippen LogP contribution is 2.13. The molecule has 222 valence electrons. The Morgan fingerprint density at radius 1 is 0.732 bits per heavy atom. The number of carboxylic acids is 2. The van der Waals surface area contributed by atoms with Gasteiger partial charge in [-0.15, -0.1) is 0 Å². The summed E-state index contributed by atoms with van der Waals surface area (Å²) in [6, 6.07) is 6.34. The van der Waals surface area contributed by atoms with Gasteiger partial charge in [0.05, 0.1) is 12.5 Å². The number of thioether (sulfide) groups is 1. The Labute approximate surface area is 240 Å². The van der Waals surface area contributed by atoms with E-state index in [0.717, 1.165) is 0 Å². The van der Waals surface area contributed by atoms with E-state index in [1.54, 1.807) is 18.4 Å². The number of carbonyl (C=O) groups excluding carboxylic acids is 3. The largest absolute Gasteiger partial charge is 0.508 e. The molecule has 2 rings (SSSR count). The van der Waals surface area contributed by atoms with E-state index >= 15 is 0 Å². The van der Waals surface area contributed by atoms with Gasteiger partial charge in [0, 0.05) is 6.42 Å². The van der Waals surface area contributed by atoms with E-state index in [1.165, 1.54) is 48.2 Å². The molecule has 0 saturated heterocycles.